The van der Waals surface area contributed by atoms with Gasteiger partial charge in [-0.05, 0) is 62.3 Å². The lowest BCUT2D eigenvalue weighted by atomic mass is 10.1. The molecule has 1 amide bonds. The van der Waals surface area contributed by atoms with Gasteiger partial charge < -0.3 is 14.2 Å². The van der Waals surface area contributed by atoms with Crippen molar-refractivity contribution in [2.24, 2.45) is 5.92 Å². The Labute approximate surface area is 161 Å². The van der Waals surface area contributed by atoms with Crippen molar-refractivity contribution in [1.29, 1.82) is 0 Å². The molecule has 144 valence electrons. The second-order valence-corrected chi connectivity index (χ2v) is 8.49. The Morgan fingerprint density at radius 3 is 2.37 bits per heavy atom. The summed E-state index contributed by atoms with van der Waals surface area (Å²) in [6.07, 6.45) is 8.42. The van der Waals surface area contributed by atoms with Gasteiger partial charge in [-0.25, -0.2) is 0 Å². The first-order valence-corrected chi connectivity index (χ1v) is 10.7. The predicted octanol–water partition coefficient (Wildman–Crippen LogP) is 3.10. The number of fused-ring (bicyclic) bond motifs is 1. The van der Waals surface area contributed by atoms with Crippen molar-refractivity contribution in [2.45, 2.75) is 32.1 Å². The molecule has 5 heteroatoms. The van der Waals surface area contributed by atoms with Crippen molar-refractivity contribution in [3.63, 3.8) is 0 Å². The quantitative estimate of drug-likeness (QED) is 0.833. The Kier molecular flexibility index (Phi) is 4.56. The van der Waals surface area contributed by atoms with Gasteiger partial charge in [-0.2, -0.15) is 0 Å². The zero-order valence-corrected chi connectivity index (χ0v) is 16.1. The monoisotopic (exact) mass is 366 g/mol. The van der Waals surface area contributed by atoms with Crippen LogP contribution in [0.3, 0.4) is 0 Å². The maximum Gasteiger partial charge on any atom is 0.255 e. The molecule has 2 aromatic heterocycles. The molecule has 4 heterocycles. The number of carbonyl (C=O) groups is 1. The number of hydrogen-bond acceptors (Lipinski definition) is 3. The molecule has 0 N–H and O–H groups in total. The fourth-order valence-corrected chi connectivity index (χ4v) is 4.58. The van der Waals surface area contributed by atoms with Crippen LogP contribution in [0.2, 0.25) is 0 Å². The number of piperazine rings is 1. The van der Waals surface area contributed by atoms with Gasteiger partial charge >= 0.3 is 0 Å². The minimum Gasteiger partial charge on any atom is -0.355 e. The lowest BCUT2D eigenvalue weighted by molar-refractivity contribution is 0.0724. The zero-order valence-electron chi connectivity index (χ0n) is 16.1. The van der Waals surface area contributed by atoms with E-state index in [9.17, 15) is 4.79 Å². The minimum absolute atomic E-state index is 0.186. The molecule has 1 saturated carbocycles. The molecule has 27 heavy (non-hydrogen) atoms. The van der Waals surface area contributed by atoms with E-state index in [0.717, 1.165) is 63.6 Å². The van der Waals surface area contributed by atoms with E-state index in [0.29, 0.717) is 0 Å². The minimum atomic E-state index is 0.186. The van der Waals surface area contributed by atoms with Crippen LogP contribution in [-0.2, 0) is 0 Å². The van der Waals surface area contributed by atoms with Gasteiger partial charge in [-0.15, -0.1) is 0 Å². The molecule has 3 fully saturated rings. The third-order valence-corrected chi connectivity index (χ3v) is 6.43. The fourth-order valence-electron chi connectivity index (χ4n) is 4.58. The van der Waals surface area contributed by atoms with Crippen molar-refractivity contribution >= 4 is 17.2 Å². The number of carbonyl (C=O) groups excluding carboxylic acids is 1. The summed E-state index contributed by atoms with van der Waals surface area (Å²) >= 11 is 0. The molecule has 0 unspecified atom stereocenters. The van der Waals surface area contributed by atoms with Gasteiger partial charge in [-0.1, -0.05) is 0 Å². The highest BCUT2D eigenvalue weighted by Gasteiger charge is 2.27. The number of piperidine rings is 1. The first kappa shape index (κ1) is 17.1. The van der Waals surface area contributed by atoms with Crippen LogP contribution in [0.4, 0.5) is 5.82 Å². The number of aromatic nitrogens is 1. The molecule has 5 nitrogen and oxygen atoms in total. The summed E-state index contributed by atoms with van der Waals surface area (Å²) in [5.41, 5.74) is 1.98. The number of pyridine rings is 1. The number of anilines is 1. The summed E-state index contributed by atoms with van der Waals surface area (Å²) in [6, 6.07) is 8.45. The van der Waals surface area contributed by atoms with Crippen LogP contribution in [0.1, 0.15) is 42.5 Å². The van der Waals surface area contributed by atoms with E-state index < -0.39 is 0 Å². The van der Waals surface area contributed by atoms with Crippen LogP contribution in [0.15, 0.2) is 30.5 Å². The summed E-state index contributed by atoms with van der Waals surface area (Å²) in [7, 11) is 0. The van der Waals surface area contributed by atoms with E-state index in [1.807, 2.05) is 11.0 Å². The molecule has 3 aliphatic rings. The highest BCUT2D eigenvalue weighted by atomic mass is 16.2. The Bertz CT molecular complexity index is 811. The molecule has 2 saturated heterocycles. The van der Waals surface area contributed by atoms with Crippen LogP contribution in [0.25, 0.3) is 5.52 Å². The fraction of sp³-hybridized carbons (Fsp3) is 0.591. The van der Waals surface area contributed by atoms with Crippen molar-refractivity contribution in [3.05, 3.63) is 36.0 Å². The Morgan fingerprint density at radius 1 is 0.889 bits per heavy atom. The van der Waals surface area contributed by atoms with Crippen molar-refractivity contribution in [2.75, 3.05) is 50.7 Å². The van der Waals surface area contributed by atoms with Crippen LogP contribution in [-0.4, -0.2) is 65.9 Å². The van der Waals surface area contributed by atoms with Gasteiger partial charge in [0.25, 0.3) is 5.91 Å². The van der Waals surface area contributed by atoms with E-state index in [4.69, 9.17) is 0 Å². The average molecular weight is 367 g/mol. The topological polar surface area (TPSA) is 31.2 Å². The lowest BCUT2D eigenvalue weighted by Gasteiger charge is -2.36. The average Bonchev–Trinajstić information content (AvgIpc) is 3.44. The molecule has 0 aromatic carbocycles. The molecule has 0 atom stereocenters. The van der Waals surface area contributed by atoms with E-state index in [2.05, 4.69) is 38.6 Å². The van der Waals surface area contributed by atoms with Gasteiger partial charge in [0.15, 0.2) is 0 Å². The van der Waals surface area contributed by atoms with Crippen LogP contribution in [0.5, 0.6) is 0 Å². The standard InChI is InChI=1S/C22H30N4O/c27-22(25-10-2-1-3-11-25)19-6-7-20-8-9-21(26(20)17-19)24-14-12-23(13-15-24)16-18-4-5-18/h6-9,17-18H,1-5,10-16H2. The summed E-state index contributed by atoms with van der Waals surface area (Å²) in [6.45, 7) is 7.53. The SMILES string of the molecule is O=C(c1ccc2ccc(N3CCN(CC4CC4)CC3)n2c1)N1CCCCC1. The normalized spacial score (nSPS) is 21.8. The van der Waals surface area contributed by atoms with Crippen LogP contribution < -0.4 is 4.90 Å². The molecule has 2 aliphatic heterocycles. The number of hydrogen-bond donors (Lipinski definition) is 0. The van der Waals surface area contributed by atoms with Gasteiger partial charge in [-0.3, -0.25) is 9.69 Å². The maximum atomic E-state index is 12.9. The molecular weight excluding hydrogens is 336 g/mol. The largest absolute Gasteiger partial charge is 0.355 e. The predicted molar refractivity (Wildman–Crippen MR) is 109 cm³/mol. The van der Waals surface area contributed by atoms with Gasteiger partial charge in [0.2, 0.25) is 0 Å². The Balaban J connectivity index is 1.33. The summed E-state index contributed by atoms with van der Waals surface area (Å²) in [4.78, 5) is 20.0. The smallest absolute Gasteiger partial charge is 0.255 e. The summed E-state index contributed by atoms with van der Waals surface area (Å²) in [5, 5.41) is 0. The number of amides is 1. The molecule has 5 rings (SSSR count). The summed E-state index contributed by atoms with van der Waals surface area (Å²) < 4.78 is 2.22. The lowest BCUT2D eigenvalue weighted by Crippen LogP contribution is -2.47. The van der Waals surface area contributed by atoms with Gasteiger partial charge in [0, 0.05) is 57.5 Å². The van der Waals surface area contributed by atoms with Crippen LogP contribution >= 0.6 is 0 Å². The Hall–Kier alpha value is -2.01. The van der Waals surface area contributed by atoms with E-state index in [1.54, 1.807) is 0 Å². The zero-order chi connectivity index (χ0) is 18.2. The van der Waals surface area contributed by atoms with Crippen molar-refractivity contribution < 1.29 is 4.79 Å². The molecular formula is C22H30N4O. The van der Waals surface area contributed by atoms with Gasteiger partial charge in [0.05, 0.1) is 5.56 Å². The second kappa shape index (κ2) is 7.19. The third kappa shape index (κ3) is 3.57. The second-order valence-electron chi connectivity index (χ2n) is 8.49. The highest BCUT2D eigenvalue weighted by Crippen LogP contribution is 2.30. The maximum absolute atomic E-state index is 12.9. The molecule has 2 aromatic rings. The first-order valence-electron chi connectivity index (χ1n) is 10.7. The molecule has 1 aliphatic carbocycles. The Morgan fingerprint density at radius 2 is 1.63 bits per heavy atom. The molecule has 0 bridgehead atoms. The van der Waals surface area contributed by atoms with E-state index in [1.165, 1.54) is 37.1 Å². The number of likely N-dealkylation sites (tertiary alicyclic amines) is 1. The number of rotatable bonds is 4. The number of nitrogens with zero attached hydrogens (tertiary/aromatic N) is 4. The summed E-state index contributed by atoms with van der Waals surface area (Å²) in [5.74, 6) is 2.38. The van der Waals surface area contributed by atoms with Crippen LogP contribution in [0, 0.1) is 5.92 Å². The van der Waals surface area contributed by atoms with Crippen molar-refractivity contribution in [3.8, 4) is 0 Å². The van der Waals surface area contributed by atoms with Crippen molar-refractivity contribution in [1.82, 2.24) is 14.2 Å². The third-order valence-electron chi connectivity index (χ3n) is 6.43. The van der Waals surface area contributed by atoms with E-state index in [-0.39, 0.29) is 5.91 Å². The molecule has 0 radical (unpaired) electrons. The molecule has 0 spiro atoms. The highest BCUT2D eigenvalue weighted by molar-refractivity contribution is 5.94. The first-order chi connectivity index (χ1) is 13.3. The van der Waals surface area contributed by atoms with Gasteiger partial charge in [0.1, 0.15) is 5.82 Å². The van der Waals surface area contributed by atoms with E-state index >= 15 is 0 Å².